The van der Waals surface area contributed by atoms with E-state index in [1.807, 2.05) is 11.8 Å². The van der Waals surface area contributed by atoms with E-state index in [1.165, 1.54) is 76.7 Å². The number of benzene rings is 5. The van der Waals surface area contributed by atoms with Crippen molar-refractivity contribution in [3.05, 3.63) is 202 Å². The summed E-state index contributed by atoms with van der Waals surface area (Å²) in [6.45, 7) is 14.0. The number of allylic oxidation sites excluding steroid dienone is 11. The molecule has 7 rings (SSSR count). The fourth-order valence-electron chi connectivity index (χ4n) is 8.16. The zero-order valence-electron chi connectivity index (χ0n) is 38.5. The predicted octanol–water partition coefficient (Wildman–Crippen LogP) is 15.7. The summed E-state index contributed by atoms with van der Waals surface area (Å²) in [4.78, 5) is 7.86. The maximum absolute atomic E-state index is 5.07. The fraction of sp³-hybridized carbons (Fsp3) is 0.276. The average molecular weight is 853 g/mol. The van der Waals surface area contributed by atoms with E-state index in [4.69, 9.17) is 12.6 Å². The molecule has 318 valence electrons. The molecule has 0 N–H and O–H groups in total. The van der Waals surface area contributed by atoms with Crippen molar-refractivity contribution in [1.82, 2.24) is 0 Å². The lowest BCUT2D eigenvalue weighted by Crippen LogP contribution is -2.17. The molecule has 0 spiro atoms. The fourth-order valence-corrected chi connectivity index (χ4v) is 9.65. The van der Waals surface area contributed by atoms with Crippen molar-refractivity contribution in [3.8, 4) is 0 Å². The maximum Gasteiger partial charge on any atom is 0.0372 e. The highest BCUT2D eigenvalue weighted by Crippen LogP contribution is 2.47. The molecule has 2 nitrogen and oxygen atoms in total. The molecule has 2 aliphatic rings. The van der Waals surface area contributed by atoms with E-state index < -0.39 is 0 Å². The minimum atomic E-state index is -0.00432. The molecule has 0 saturated heterocycles. The van der Waals surface area contributed by atoms with E-state index in [0.29, 0.717) is 0 Å². The summed E-state index contributed by atoms with van der Waals surface area (Å²) in [5, 5.41) is 0. The Balaban J connectivity index is 1.43. The van der Waals surface area contributed by atoms with Gasteiger partial charge in [-0.05, 0) is 134 Å². The van der Waals surface area contributed by atoms with Crippen LogP contribution in [-0.4, -0.2) is 28.2 Å². The normalized spacial score (nSPS) is 16.2. The second kappa shape index (κ2) is 19.1. The molecule has 62 heavy (non-hydrogen) atoms. The molecule has 0 aromatic heterocycles. The molecule has 0 fully saturated rings. The minimum Gasteiger partial charge on any atom is -0.378 e. The van der Waals surface area contributed by atoms with Crippen LogP contribution in [0.4, 0.5) is 11.4 Å². The molecule has 0 bridgehead atoms. The van der Waals surface area contributed by atoms with E-state index in [2.05, 4.69) is 231 Å². The molecular formula is C58H64N2S2. The van der Waals surface area contributed by atoms with Gasteiger partial charge in [-0.3, -0.25) is 0 Å². The van der Waals surface area contributed by atoms with Crippen molar-refractivity contribution in [3.63, 3.8) is 0 Å². The number of hydrogen-bond donors (Lipinski definition) is 1. The Kier molecular flexibility index (Phi) is 13.8. The lowest BCUT2D eigenvalue weighted by Gasteiger charge is -2.29. The molecular weight excluding hydrogens is 789 g/mol. The molecule has 1 heterocycles. The number of fused-ring (bicyclic) bond motifs is 1. The number of hydrogen-bond acceptors (Lipinski definition) is 4. The summed E-state index contributed by atoms with van der Waals surface area (Å²) in [5.41, 5.74) is 17.9. The zero-order valence-corrected chi connectivity index (χ0v) is 40.2. The Morgan fingerprint density at radius 2 is 1.31 bits per heavy atom. The maximum atomic E-state index is 5.07. The van der Waals surface area contributed by atoms with Crippen LogP contribution in [0.15, 0.2) is 173 Å². The van der Waals surface area contributed by atoms with Crippen molar-refractivity contribution in [2.45, 2.75) is 87.8 Å². The van der Waals surface area contributed by atoms with Gasteiger partial charge in [-0.2, -0.15) is 0 Å². The highest BCUT2D eigenvalue weighted by molar-refractivity contribution is 8.08. The van der Waals surface area contributed by atoms with Crippen molar-refractivity contribution in [2.75, 3.05) is 38.0 Å². The first-order chi connectivity index (χ1) is 29.5. The zero-order chi connectivity index (χ0) is 44.2. The van der Waals surface area contributed by atoms with Crippen LogP contribution >= 0.6 is 24.4 Å². The first-order valence-corrected chi connectivity index (χ1v) is 23.3. The first-order valence-electron chi connectivity index (χ1n) is 22.1. The summed E-state index contributed by atoms with van der Waals surface area (Å²) in [7, 11) is 8.40. The molecule has 0 amide bonds. The average Bonchev–Trinajstić information content (AvgIpc) is 3.25. The van der Waals surface area contributed by atoms with Crippen LogP contribution in [0.2, 0.25) is 0 Å². The van der Waals surface area contributed by atoms with Gasteiger partial charge in [0, 0.05) is 54.3 Å². The summed E-state index contributed by atoms with van der Waals surface area (Å²) >= 11 is 6.94. The molecule has 0 saturated carbocycles. The Morgan fingerprint density at radius 1 is 0.677 bits per heavy atom. The monoisotopic (exact) mass is 852 g/mol. The largest absolute Gasteiger partial charge is 0.378 e. The van der Waals surface area contributed by atoms with Crippen molar-refractivity contribution >= 4 is 57.4 Å². The van der Waals surface area contributed by atoms with Gasteiger partial charge >= 0.3 is 0 Å². The van der Waals surface area contributed by atoms with Gasteiger partial charge in [0.15, 0.2) is 0 Å². The lowest BCUT2D eigenvalue weighted by molar-refractivity contribution is 0.568. The number of nitrogens with zero attached hydrogens (tertiary/aromatic N) is 2. The Hall–Kier alpha value is -5.16. The number of thioether (sulfide) groups is 1. The van der Waals surface area contributed by atoms with E-state index in [-0.39, 0.29) is 10.8 Å². The molecule has 0 unspecified atom stereocenters. The van der Waals surface area contributed by atoms with Crippen LogP contribution in [0.25, 0.3) is 21.6 Å². The summed E-state index contributed by atoms with van der Waals surface area (Å²) < 4.78 is 0. The number of thiol groups is 1. The van der Waals surface area contributed by atoms with E-state index in [9.17, 15) is 0 Å². The standard InChI is InChI=1S/C58H64N2S2/c1-57(2,3)47-34-46(35-48(37-47)58(4,5)6)56-43(27-26-41(25-24-40-18-13-11-14-19-40)51-32-30-49(59(7)8)38-53(51)61)22-17-23-44(56)28-29-45-36-54(42-20-15-12-16-21-42)62-55-39-50(60(9)10)31-33-52(45)55/h11-16,18-21,25-39,61H,17,22-24H2,1-10H3/b27-26+,41-25-,44-28+,45-29+. The summed E-state index contributed by atoms with van der Waals surface area (Å²) in [5.74, 6) is 0. The number of anilines is 2. The van der Waals surface area contributed by atoms with Crippen LogP contribution in [0, 0.1) is 0 Å². The molecule has 1 aliphatic heterocycles. The quantitative estimate of drug-likeness (QED) is 0.111. The third kappa shape index (κ3) is 10.7. The van der Waals surface area contributed by atoms with Crippen molar-refractivity contribution in [2.24, 2.45) is 0 Å². The first kappa shape index (κ1) is 44.9. The molecule has 5 aromatic rings. The predicted molar refractivity (Wildman–Crippen MR) is 277 cm³/mol. The summed E-state index contributed by atoms with van der Waals surface area (Å²) in [6.07, 6.45) is 18.3. The van der Waals surface area contributed by atoms with Gasteiger partial charge in [0.25, 0.3) is 0 Å². The minimum absolute atomic E-state index is 0.00432. The van der Waals surface area contributed by atoms with Crippen molar-refractivity contribution in [1.29, 1.82) is 0 Å². The van der Waals surface area contributed by atoms with Gasteiger partial charge < -0.3 is 9.80 Å². The topological polar surface area (TPSA) is 6.48 Å². The summed E-state index contributed by atoms with van der Waals surface area (Å²) in [6, 6.07) is 42.5. The van der Waals surface area contributed by atoms with Gasteiger partial charge in [0.2, 0.25) is 0 Å². The van der Waals surface area contributed by atoms with Crippen LogP contribution in [0.5, 0.6) is 0 Å². The van der Waals surface area contributed by atoms with Crippen LogP contribution < -0.4 is 9.80 Å². The van der Waals surface area contributed by atoms with Gasteiger partial charge in [0.05, 0.1) is 0 Å². The Bertz CT molecular complexity index is 2570. The Labute approximate surface area is 383 Å². The Morgan fingerprint density at radius 3 is 1.94 bits per heavy atom. The number of rotatable bonds is 10. The molecule has 0 atom stereocenters. The second-order valence-corrected chi connectivity index (χ2v) is 20.8. The van der Waals surface area contributed by atoms with Gasteiger partial charge in [0.1, 0.15) is 0 Å². The molecule has 1 aliphatic carbocycles. The van der Waals surface area contributed by atoms with Gasteiger partial charge in [-0.15, -0.1) is 12.6 Å². The SMILES string of the molecule is CN(C)c1ccc(C(=C\Cc2ccccc2)/C=C/C2=C(c3cc(C(C)(C)C)cc(C(C)(C)C)c3)C(=C/C=C3\C=C(c4ccccc4)Sc4cc(N(C)C)ccc43)/CCC2)c(S)c1. The van der Waals surface area contributed by atoms with Crippen LogP contribution in [0.3, 0.4) is 0 Å². The third-order valence-corrected chi connectivity index (χ3v) is 13.5. The van der Waals surface area contributed by atoms with E-state index in [1.54, 1.807) is 0 Å². The van der Waals surface area contributed by atoms with Gasteiger partial charge in [-0.1, -0.05) is 175 Å². The van der Waals surface area contributed by atoms with Crippen LogP contribution in [-0.2, 0) is 17.3 Å². The van der Waals surface area contributed by atoms with Gasteiger partial charge in [-0.25, -0.2) is 0 Å². The molecule has 0 radical (unpaired) electrons. The van der Waals surface area contributed by atoms with E-state index in [0.717, 1.165) is 41.8 Å². The third-order valence-electron chi connectivity index (χ3n) is 12.0. The highest BCUT2D eigenvalue weighted by Gasteiger charge is 2.25. The van der Waals surface area contributed by atoms with Crippen molar-refractivity contribution < 1.29 is 0 Å². The highest BCUT2D eigenvalue weighted by atomic mass is 32.2. The smallest absolute Gasteiger partial charge is 0.0372 e. The lowest BCUT2D eigenvalue weighted by atomic mass is 9.76. The second-order valence-electron chi connectivity index (χ2n) is 19.2. The van der Waals surface area contributed by atoms with Crippen LogP contribution in [0.1, 0.15) is 99.7 Å². The molecule has 4 heteroatoms. The van der Waals surface area contributed by atoms with E-state index >= 15 is 0 Å². The molecule has 5 aromatic carbocycles.